The predicted octanol–water partition coefficient (Wildman–Crippen LogP) is 3.14. The number of ketones is 1. The SMILES string of the molecule is COc1cc(Br)cc2cc(C(=O)CBr)c(=O)oc12. The zero-order valence-electron chi connectivity index (χ0n) is 9.33. The fourth-order valence-corrected chi connectivity index (χ4v) is 2.34. The Morgan fingerprint density at radius 3 is 2.72 bits per heavy atom. The minimum absolute atomic E-state index is 0.0273. The fraction of sp³-hybridized carbons (Fsp3) is 0.167. The lowest BCUT2D eigenvalue weighted by Crippen LogP contribution is -2.14. The largest absolute Gasteiger partial charge is 0.493 e. The van der Waals surface area contributed by atoms with Gasteiger partial charge in [-0.05, 0) is 18.2 Å². The normalized spacial score (nSPS) is 10.6. The zero-order chi connectivity index (χ0) is 13.3. The van der Waals surface area contributed by atoms with Crippen LogP contribution in [0.5, 0.6) is 5.75 Å². The first-order valence-electron chi connectivity index (χ1n) is 4.97. The number of benzene rings is 1. The molecule has 4 nitrogen and oxygen atoms in total. The first-order chi connectivity index (χ1) is 8.56. The molecule has 0 radical (unpaired) electrons. The third-order valence-electron chi connectivity index (χ3n) is 2.40. The van der Waals surface area contributed by atoms with Gasteiger partial charge in [-0.1, -0.05) is 31.9 Å². The van der Waals surface area contributed by atoms with Gasteiger partial charge in [-0.3, -0.25) is 4.79 Å². The molecule has 0 aliphatic carbocycles. The Labute approximate surface area is 119 Å². The zero-order valence-corrected chi connectivity index (χ0v) is 12.5. The molecule has 0 amide bonds. The van der Waals surface area contributed by atoms with Crippen molar-refractivity contribution in [2.75, 3.05) is 12.4 Å². The minimum Gasteiger partial charge on any atom is -0.493 e. The summed E-state index contributed by atoms with van der Waals surface area (Å²) in [6.07, 6.45) is 0. The molecule has 94 valence electrons. The third kappa shape index (κ3) is 2.35. The number of halogens is 2. The molecule has 0 bridgehead atoms. The van der Waals surface area contributed by atoms with Crippen molar-refractivity contribution in [3.05, 3.63) is 38.7 Å². The van der Waals surface area contributed by atoms with E-state index in [4.69, 9.17) is 9.15 Å². The number of hydrogen-bond donors (Lipinski definition) is 0. The number of carbonyl (C=O) groups excluding carboxylic acids is 1. The Bertz CT molecular complexity index is 676. The van der Waals surface area contributed by atoms with E-state index in [2.05, 4.69) is 31.9 Å². The molecule has 0 saturated carbocycles. The molecule has 2 rings (SSSR count). The summed E-state index contributed by atoms with van der Waals surface area (Å²) in [5.74, 6) is 0.124. The quantitative estimate of drug-likeness (QED) is 0.469. The van der Waals surface area contributed by atoms with Crippen molar-refractivity contribution in [1.82, 2.24) is 0 Å². The summed E-state index contributed by atoms with van der Waals surface area (Å²) in [5, 5.41) is 0.708. The molecule has 1 aromatic carbocycles. The lowest BCUT2D eigenvalue weighted by molar-refractivity contribution is 0.102. The first kappa shape index (κ1) is 13.3. The van der Waals surface area contributed by atoms with E-state index in [1.807, 2.05) is 0 Å². The van der Waals surface area contributed by atoms with Crippen LogP contribution < -0.4 is 10.4 Å². The van der Waals surface area contributed by atoms with Crippen LogP contribution in [0.1, 0.15) is 10.4 Å². The topological polar surface area (TPSA) is 56.5 Å². The molecule has 0 atom stereocenters. The summed E-state index contributed by atoms with van der Waals surface area (Å²) in [7, 11) is 1.48. The van der Waals surface area contributed by atoms with E-state index in [9.17, 15) is 9.59 Å². The second-order valence-corrected chi connectivity index (χ2v) is 5.01. The van der Waals surface area contributed by atoms with Crippen LogP contribution in [0.3, 0.4) is 0 Å². The van der Waals surface area contributed by atoms with Crippen molar-refractivity contribution in [3.63, 3.8) is 0 Å². The Kier molecular flexibility index (Phi) is 3.87. The van der Waals surface area contributed by atoms with Crippen molar-refractivity contribution in [3.8, 4) is 5.75 Å². The molecular formula is C12H8Br2O4. The van der Waals surface area contributed by atoms with Gasteiger partial charge in [0.05, 0.1) is 12.4 Å². The molecule has 0 unspecified atom stereocenters. The van der Waals surface area contributed by atoms with E-state index in [1.54, 1.807) is 12.1 Å². The van der Waals surface area contributed by atoms with Gasteiger partial charge in [0.15, 0.2) is 17.1 Å². The number of Topliss-reactive ketones (excluding diaryl/α,β-unsaturated/α-hetero) is 1. The van der Waals surface area contributed by atoms with Crippen LogP contribution in [0.25, 0.3) is 11.0 Å². The van der Waals surface area contributed by atoms with E-state index in [-0.39, 0.29) is 16.7 Å². The second-order valence-electron chi connectivity index (χ2n) is 3.53. The molecule has 0 saturated heterocycles. The van der Waals surface area contributed by atoms with Crippen LogP contribution in [0, 0.1) is 0 Å². The molecule has 1 aromatic heterocycles. The van der Waals surface area contributed by atoms with Gasteiger partial charge in [-0.15, -0.1) is 0 Å². The van der Waals surface area contributed by atoms with Gasteiger partial charge in [0, 0.05) is 9.86 Å². The van der Waals surface area contributed by atoms with Gasteiger partial charge < -0.3 is 9.15 Å². The van der Waals surface area contributed by atoms with Crippen LogP contribution in [0.2, 0.25) is 0 Å². The molecule has 0 spiro atoms. The van der Waals surface area contributed by atoms with Gasteiger partial charge in [-0.2, -0.15) is 0 Å². The van der Waals surface area contributed by atoms with E-state index < -0.39 is 5.63 Å². The summed E-state index contributed by atoms with van der Waals surface area (Å²) in [5.41, 5.74) is -0.302. The van der Waals surface area contributed by atoms with E-state index >= 15 is 0 Å². The number of rotatable bonds is 3. The third-order valence-corrected chi connectivity index (χ3v) is 3.37. The molecule has 2 aromatic rings. The van der Waals surface area contributed by atoms with E-state index in [1.165, 1.54) is 13.2 Å². The summed E-state index contributed by atoms with van der Waals surface area (Å²) < 4.78 is 11.1. The van der Waals surface area contributed by atoms with Crippen LogP contribution in [-0.4, -0.2) is 18.2 Å². The highest BCUT2D eigenvalue weighted by atomic mass is 79.9. The molecule has 0 N–H and O–H groups in total. The maximum Gasteiger partial charge on any atom is 0.347 e. The summed E-state index contributed by atoms with van der Waals surface area (Å²) in [4.78, 5) is 23.3. The number of fused-ring (bicyclic) bond motifs is 1. The van der Waals surface area contributed by atoms with Crippen LogP contribution in [-0.2, 0) is 0 Å². The van der Waals surface area contributed by atoms with E-state index in [0.29, 0.717) is 16.7 Å². The van der Waals surface area contributed by atoms with Crippen molar-refractivity contribution >= 4 is 48.6 Å². The molecule has 0 aliphatic heterocycles. The number of alkyl halides is 1. The van der Waals surface area contributed by atoms with Gasteiger partial charge in [0.25, 0.3) is 0 Å². The van der Waals surface area contributed by atoms with Crippen LogP contribution in [0.4, 0.5) is 0 Å². The average molecular weight is 376 g/mol. The van der Waals surface area contributed by atoms with Gasteiger partial charge in [0.2, 0.25) is 0 Å². The van der Waals surface area contributed by atoms with Crippen molar-refractivity contribution in [1.29, 1.82) is 0 Å². The molecule has 0 aliphatic rings. The maximum atomic E-state index is 11.7. The molecule has 6 heteroatoms. The first-order valence-corrected chi connectivity index (χ1v) is 6.89. The lowest BCUT2D eigenvalue weighted by Gasteiger charge is -2.06. The summed E-state index contributed by atoms with van der Waals surface area (Å²) in [6, 6.07) is 4.96. The Hall–Kier alpha value is -1.14. The lowest BCUT2D eigenvalue weighted by atomic mass is 10.1. The summed E-state index contributed by atoms with van der Waals surface area (Å²) >= 11 is 6.36. The van der Waals surface area contributed by atoms with Gasteiger partial charge in [0.1, 0.15) is 5.56 Å². The van der Waals surface area contributed by atoms with Crippen molar-refractivity contribution in [2.24, 2.45) is 0 Å². The number of hydrogen-bond acceptors (Lipinski definition) is 4. The molecule has 18 heavy (non-hydrogen) atoms. The van der Waals surface area contributed by atoms with Crippen molar-refractivity contribution < 1.29 is 13.9 Å². The standard InChI is InChI=1S/C12H8Br2O4/c1-17-10-4-7(14)2-6-3-8(9(15)5-13)12(16)18-11(6)10/h2-4H,5H2,1H3. The average Bonchev–Trinajstić information content (AvgIpc) is 2.36. The molecular weight excluding hydrogens is 368 g/mol. The Balaban J connectivity index is 2.79. The van der Waals surface area contributed by atoms with Crippen molar-refractivity contribution in [2.45, 2.75) is 0 Å². The smallest absolute Gasteiger partial charge is 0.347 e. The minimum atomic E-state index is -0.660. The van der Waals surface area contributed by atoms with Gasteiger partial charge in [-0.25, -0.2) is 4.79 Å². The highest BCUT2D eigenvalue weighted by Crippen LogP contribution is 2.29. The van der Waals surface area contributed by atoms with E-state index in [0.717, 1.165) is 4.47 Å². The maximum absolute atomic E-state index is 11.7. The fourth-order valence-electron chi connectivity index (χ4n) is 1.59. The molecule has 0 fully saturated rings. The second kappa shape index (κ2) is 5.24. The highest BCUT2D eigenvalue weighted by Gasteiger charge is 2.15. The number of ether oxygens (including phenoxy) is 1. The van der Waals surface area contributed by atoms with Gasteiger partial charge >= 0.3 is 5.63 Å². The Morgan fingerprint density at radius 1 is 1.39 bits per heavy atom. The monoisotopic (exact) mass is 374 g/mol. The predicted molar refractivity (Wildman–Crippen MR) is 74.9 cm³/mol. The highest BCUT2D eigenvalue weighted by molar-refractivity contribution is 9.10. The Morgan fingerprint density at radius 2 is 2.11 bits per heavy atom. The van der Waals surface area contributed by atoms with Crippen LogP contribution >= 0.6 is 31.9 Å². The van der Waals surface area contributed by atoms with Crippen LogP contribution in [0.15, 0.2) is 31.9 Å². The number of carbonyl (C=O) groups is 1. The summed E-state index contributed by atoms with van der Waals surface area (Å²) in [6.45, 7) is 0. The number of methoxy groups -OCH3 is 1. The molecule has 1 heterocycles.